The predicted octanol–water partition coefficient (Wildman–Crippen LogP) is 2.29. The van der Waals surface area contributed by atoms with Crippen LogP contribution < -0.4 is 0 Å². The Morgan fingerprint density at radius 3 is 2.50 bits per heavy atom. The molecule has 90 valence electrons. The molecule has 0 heterocycles. The molecule has 4 heteroatoms. The Hall–Kier alpha value is -1.00. The number of benzene rings is 1. The van der Waals surface area contributed by atoms with Gasteiger partial charge in [0.05, 0.1) is 11.7 Å². The number of rotatable bonds is 4. The average molecular weight is 230 g/mol. The molecule has 0 radical (unpaired) electrons. The van der Waals surface area contributed by atoms with E-state index in [1.165, 1.54) is 19.2 Å². The van der Waals surface area contributed by atoms with E-state index in [2.05, 4.69) is 0 Å². The molecular formula is C12H16F2O2. The number of halogens is 2. The monoisotopic (exact) mass is 230 g/mol. The Morgan fingerprint density at radius 2 is 2.00 bits per heavy atom. The SMILES string of the molecule is COC(C)(C)C(O)Cc1ccc(F)cc1F. The molecule has 0 saturated carbocycles. The van der Waals surface area contributed by atoms with Gasteiger partial charge < -0.3 is 9.84 Å². The van der Waals surface area contributed by atoms with Crippen LogP contribution in [0.2, 0.25) is 0 Å². The molecule has 1 N–H and O–H groups in total. The van der Waals surface area contributed by atoms with Gasteiger partial charge in [-0.1, -0.05) is 6.07 Å². The zero-order valence-corrected chi connectivity index (χ0v) is 9.63. The number of methoxy groups -OCH3 is 1. The number of aliphatic hydroxyl groups is 1. The molecule has 2 nitrogen and oxygen atoms in total. The number of aliphatic hydroxyl groups excluding tert-OH is 1. The molecule has 1 rings (SSSR count). The molecule has 0 aliphatic heterocycles. The van der Waals surface area contributed by atoms with Crippen molar-refractivity contribution >= 4 is 0 Å². The topological polar surface area (TPSA) is 29.5 Å². The van der Waals surface area contributed by atoms with Gasteiger partial charge in [-0.25, -0.2) is 8.78 Å². The zero-order valence-electron chi connectivity index (χ0n) is 9.63. The number of ether oxygens (including phenoxy) is 1. The minimum atomic E-state index is -0.850. The summed E-state index contributed by atoms with van der Waals surface area (Å²) in [5, 5.41) is 9.84. The zero-order chi connectivity index (χ0) is 12.3. The summed E-state index contributed by atoms with van der Waals surface area (Å²) in [4.78, 5) is 0. The molecule has 0 saturated heterocycles. The normalized spacial score (nSPS) is 13.9. The van der Waals surface area contributed by atoms with Crippen LogP contribution >= 0.6 is 0 Å². The molecule has 16 heavy (non-hydrogen) atoms. The number of hydrogen-bond acceptors (Lipinski definition) is 2. The summed E-state index contributed by atoms with van der Waals surface area (Å²) in [6.45, 7) is 3.41. The quantitative estimate of drug-likeness (QED) is 0.860. The van der Waals surface area contributed by atoms with E-state index in [4.69, 9.17) is 4.74 Å². The van der Waals surface area contributed by atoms with Gasteiger partial charge in [0.25, 0.3) is 0 Å². The predicted molar refractivity (Wildman–Crippen MR) is 57.2 cm³/mol. The first-order valence-corrected chi connectivity index (χ1v) is 5.04. The van der Waals surface area contributed by atoms with Gasteiger partial charge in [0.2, 0.25) is 0 Å². The highest BCUT2D eigenvalue weighted by Crippen LogP contribution is 2.19. The number of hydrogen-bond donors (Lipinski definition) is 1. The van der Waals surface area contributed by atoms with Gasteiger partial charge in [-0.3, -0.25) is 0 Å². The second kappa shape index (κ2) is 4.89. The van der Waals surface area contributed by atoms with E-state index in [0.717, 1.165) is 6.07 Å². The van der Waals surface area contributed by atoms with Crippen LogP contribution in [-0.4, -0.2) is 23.9 Å². The Bertz CT molecular complexity index is 364. The lowest BCUT2D eigenvalue weighted by molar-refractivity contribution is -0.0767. The third-order valence-corrected chi connectivity index (χ3v) is 2.76. The molecule has 1 aromatic carbocycles. The summed E-state index contributed by atoms with van der Waals surface area (Å²) < 4.78 is 31.1. The molecular weight excluding hydrogens is 214 g/mol. The fourth-order valence-electron chi connectivity index (χ4n) is 1.28. The van der Waals surface area contributed by atoms with E-state index < -0.39 is 23.3 Å². The molecule has 0 spiro atoms. The lowest BCUT2D eigenvalue weighted by Gasteiger charge is -2.29. The van der Waals surface area contributed by atoms with Gasteiger partial charge in [-0.05, 0) is 25.5 Å². The lowest BCUT2D eigenvalue weighted by Crippen LogP contribution is -2.39. The average Bonchev–Trinajstić information content (AvgIpc) is 2.22. The largest absolute Gasteiger partial charge is 0.390 e. The molecule has 0 bridgehead atoms. The van der Waals surface area contributed by atoms with Crippen molar-refractivity contribution in [3.8, 4) is 0 Å². The molecule has 1 unspecified atom stereocenters. The first-order valence-electron chi connectivity index (χ1n) is 5.04. The van der Waals surface area contributed by atoms with Gasteiger partial charge >= 0.3 is 0 Å². The summed E-state index contributed by atoms with van der Waals surface area (Å²) in [7, 11) is 1.48. The van der Waals surface area contributed by atoms with Crippen LogP contribution in [0.5, 0.6) is 0 Å². The van der Waals surface area contributed by atoms with Crippen molar-refractivity contribution in [3.05, 3.63) is 35.4 Å². The van der Waals surface area contributed by atoms with E-state index in [1.54, 1.807) is 13.8 Å². The van der Waals surface area contributed by atoms with Crippen molar-refractivity contribution in [1.29, 1.82) is 0 Å². The van der Waals surface area contributed by atoms with E-state index in [9.17, 15) is 13.9 Å². The van der Waals surface area contributed by atoms with Crippen molar-refractivity contribution in [2.45, 2.75) is 32.0 Å². The van der Waals surface area contributed by atoms with Crippen LogP contribution in [0.4, 0.5) is 8.78 Å². The van der Waals surface area contributed by atoms with Gasteiger partial charge in [0.15, 0.2) is 0 Å². The second-order valence-corrected chi connectivity index (χ2v) is 4.26. The maximum absolute atomic E-state index is 13.3. The molecule has 1 atom stereocenters. The van der Waals surface area contributed by atoms with E-state index in [1.807, 2.05) is 0 Å². The van der Waals surface area contributed by atoms with Crippen molar-refractivity contribution in [1.82, 2.24) is 0 Å². The van der Waals surface area contributed by atoms with Crippen LogP contribution in [0, 0.1) is 11.6 Å². The van der Waals surface area contributed by atoms with Crippen molar-refractivity contribution in [3.63, 3.8) is 0 Å². The molecule has 0 aromatic heterocycles. The van der Waals surface area contributed by atoms with Crippen LogP contribution in [0.15, 0.2) is 18.2 Å². The molecule has 0 aliphatic rings. The third kappa shape index (κ3) is 3.00. The van der Waals surface area contributed by atoms with Crippen LogP contribution in [0.1, 0.15) is 19.4 Å². The molecule has 1 aromatic rings. The van der Waals surface area contributed by atoms with Crippen molar-refractivity contribution < 1.29 is 18.6 Å². The minimum absolute atomic E-state index is 0.0902. The molecule has 0 amide bonds. The third-order valence-electron chi connectivity index (χ3n) is 2.76. The van der Waals surface area contributed by atoms with E-state index >= 15 is 0 Å². The maximum Gasteiger partial charge on any atom is 0.129 e. The van der Waals surface area contributed by atoms with Crippen LogP contribution in [0.25, 0.3) is 0 Å². The second-order valence-electron chi connectivity index (χ2n) is 4.26. The standard InChI is InChI=1S/C12H16F2O2/c1-12(2,16-3)11(15)6-8-4-5-9(13)7-10(8)14/h4-5,7,11,15H,6H2,1-3H3. The van der Waals surface area contributed by atoms with E-state index in [0.29, 0.717) is 0 Å². The summed E-state index contributed by atoms with van der Waals surface area (Å²) >= 11 is 0. The van der Waals surface area contributed by atoms with Crippen LogP contribution in [0.3, 0.4) is 0 Å². The highest BCUT2D eigenvalue weighted by atomic mass is 19.1. The van der Waals surface area contributed by atoms with Gasteiger partial charge in [-0.15, -0.1) is 0 Å². The first-order chi connectivity index (χ1) is 7.36. The van der Waals surface area contributed by atoms with Crippen LogP contribution in [-0.2, 0) is 11.2 Å². The Balaban J connectivity index is 2.81. The van der Waals surface area contributed by atoms with Gasteiger partial charge in [0, 0.05) is 19.6 Å². The van der Waals surface area contributed by atoms with E-state index in [-0.39, 0.29) is 12.0 Å². The molecule has 0 aliphatic carbocycles. The Kier molecular flexibility index (Phi) is 3.99. The molecule has 0 fully saturated rings. The first kappa shape index (κ1) is 13.1. The summed E-state index contributed by atoms with van der Waals surface area (Å²) in [5.74, 6) is -1.27. The maximum atomic E-state index is 13.3. The highest BCUT2D eigenvalue weighted by Gasteiger charge is 2.28. The Labute approximate surface area is 93.9 Å². The van der Waals surface area contributed by atoms with Gasteiger partial charge in [0.1, 0.15) is 11.6 Å². The van der Waals surface area contributed by atoms with Gasteiger partial charge in [-0.2, -0.15) is 0 Å². The fourth-order valence-corrected chi connectivity index (χ4v) is 1.28. The van der Waals surface area contributed by atoms with Crippen molar-refractivity contribution in [2.75, 3.05) is 7.11 Å². The summed E-state index contributed by atoms with van der Waals surface area (Å²) in [5.41, 5.74) is -0.486. The smallest absolute Gasteiger partial charge is 0.129 e. The highest BCUT2D eigenvalue weighted by molar-refractivity contribution is 5.19. The summed E-state index contributed by atoms with van der Waals surface area (Å²) in [6.07, 6.45) is -0.759. The minimum Gasteiger partial charge on any atom is -0.390 e. The van der Waals surface area contributed by atoms with Crippen molar-refractivity contribution in [2.24, 2.45) is 0 Å². The summed E-state index contributed by atoms with van der Waals surface area (Å²) in [6, 6.07) is 3.31. The Morgan fingerprint density at radius 1 is 1.38 bits per heavy atom. The lowest BCUT2D eigenvalue weighted by atomic mass is 9.95. The fraction of sp³-hybridized carbons (Fsp3) is 0.500.